The predicted molar refractivity (Wildman–Crippen MR) is 108 cm³/mol. The zero-order valence-electron chi connectivity index (χ0n) is 13.5. The molecule has 9 heteroatoms. The van der Waals surface area contributed by atoms with Crippen molar-refractivity contribution in [2.24, 2.45) is 0 Å². The molecule has 2 aromatic rings. The van der Waals surface area contributed by atoms with Crippen molar-refractivity contribution >= 4 is 63.7 Å². The summed E-state index contributed by atoms with van der Waals surface area (Å²) in [5.41, 5.74) is 1.58. The Bertz CT molecular complexity index is 814. The fourth-order valence-electron chi connectivity index (χ4n) is 2.08. The van der Waals surface area contributed by atoms with Gasteiger partial charge in [0.15, 0.2) is 5.11 Å². The highest BCUT2D eigenvalue weighted by atomic mass is 35.6. The molecular formula is C17H15Cl3FN3OS. The van der Waals surface area contributed by atoms with Crippen LogP contribution in [0.4, 0.5) is 10.1 Å². The third-order valence-corrected chi connectivity index (χ3v) is 4.15. The molecule has 0 bridgehead atoms. The lowest BCUT2D eigenvalue weighted by molar-refractivity contribution is 0.0930. The minimum absolute atomic E-state index is 0.126. The molecular weight excluding hydrogens is 420 g/mol. The summed E-state index contributed by atoms with van der Waals surface area (Å²) in [6, 6.07) is 12.9. The van der Waals surface area contributed by atoms with Gasteiger partial charge >= 0.3 is 0 Å². The maximum Gasteiger partial charge on any atom is 0.255 e. The lowest BCUT2D eigenvalue weighted by Gasteiger charge is -2.27. The van der Waals surface area contributed by atoms with Crippen LogP contribution < -0.4 is 16.0 Å². The van der Waals surface area contributed by atoms with Crippen molar-refractivity contribution in [2.75, 3.05) is 5.32 Å². The average Bonchev–Trinajstić information content (AvgIpc) is 2.53. The molecule has 0 saturated carbocycles. The van der Waals surface area contributed by atoms with E-state index in [1.54, 1.807) is 0 Å². The maximum absolute atomic E-state index is 13.8. The van der Waals surface area contributed by atoms with Gasteiger partial charge in [-0.1, -0.05) is 59.1 Å². The van der Waals surface area contributed by atoms with E-state index in [9.17, 15) is 9.18 Å². The number of halogens is 4. The van der Waals surface area contributed by atoms with E-state index < -0.39 is 21.7 Å². The average molecular weight is 435 g/mol. The molecule has 0 saturated heterocycles. The summed E-state index contributed by atoms with van der Waals surface area (Å²) in [4.78, 5) is 12.3. The number of anilines is 1. The predicted octanol–water partition coefficient (Wildman–Crippen LogP) is 4.55. The molecule has 138 valence electrons. The van der Waals surface area contributed by atoms with Crippen molar-refractivity contribution in [1.82, 2.24) is 10.6 Å². The smallest absolute Gasteiger partial charge is 0.255 e. The molecule has 0 heterocycles. The van der Waals surface area contributed by atoms with Crippen LogP contribution in [0.25, 0.3) is 0 Å². The number of carbonyl (C=O) groups is 1. The van der Waals surface area contributed by atoms with Crippen molar-refractivity contribution in [3.05, 3.63) is 65.5 Å². The Kier molecular flexibility index (Phi) is 7.06. The van der Waals surface area contributed by atoms with Gasteiger partial charge in [0, 0.05) is 5.69 Å². The van der Waals surface area contributed by atoms with Crippen LogP contribution in [-0.4, -0.2) is 21.0 Å². The van der Waals surface area contributed by atoms with Crippen LogP contribution in [0, 0.1) is 12.7 Å². The van der Waals surface area contributed by atoms with Crippen LogP contribution in [0.3, 0.4) is 0 Å². The van der Waals surface area contributed by atoms with E-state index in [1.165, 1.54) is 18.2 Å². The standard InChI is InChI=1S/C17H15Cl3FN3OS/c1-10-5-4-6-11(9-10)22-16(26)24-15(17(18,19)20)23-14(25)12-7-2-3-8-13(12)21/h2-9,15H,1H3,(H,23,25)(H2,22,24,26)/t15-/m1/s1. The maximum atomic E-state index is 13.8. The number of amides is 1. The Morgan fingerprint density at radius 2 is 1.81 bits per heavy atom. The number of hydrogen-bond donors (Lipinski definition) is 3. The first-order chi connectivity index (χ1) is 12.2. The quantitative estimate of drug-likeness (QED) is 0.375. The molecule has 3 N–H and O–H groups in total. The molecule has 0 radical (unpaired) electrons. The van der Waals surface area contributed by atoms with Crippen molar-refractivity contribution in [3.8, 4) is 0 Å². The fourth-order valence-corrected chi connectivity index (χ4v) is 2.64. The normalized spacial score (nSPS) is 12.2. The molecule has 0 unspecified atom stereocenters. The Hall–Kier alpha value is -1.60. The van der Waals surface area contributed by atoms with Gasteiger partial charge in [-0.3, -0.25) is 4.79 Å². The third-order valence-electron chi connectivity index (χ3n) is 3.27. The highest BCUT2D eigenvalue weighted by Gasteiger charge is 2.35. The number of alkyl halides is 3. The SMILES string of the molecule is Cc1cccc(NC(=S)N[C@@H](NC(=O)c2ccccc2F)C(Cl)(Cl)Cl)c1. The molecule has 0 aliphatic heterocycles. The molecule has 2 aromatic carbocycles. The molecule has 0 aromatic heterocycles. The summed E-state index contributed by atoms with van der Waals surface area (Å²) in [6.45, 7) is 1.93. The number of aryl methyl sites for hydroxylation is 1. The lowest BCUT2D eigenvalue weighted by Crippen LogP contribution is -2.56. The van der Waals surface area contributed by atoms with Gasteiger partial charge in [-0.05, 0) is 49.0 Å². The van der Waals surface area contributed by atoms with E-state index in [4.69, 9.17) is 47.0 Å². The summed E-state index contributed by atoms with van der Waals surface area (Å²) in [7, 11) is 0. The van der Waals surface area contributed by atoms with Crippen LogP contribution in [0.15, 0.2) is 48.5 Å². The summed E-state index contributed by atoms with van der Waals surface area (Å²) < 4.78 is 11.8. The van der Waals surface area contributed by atoms with E-state index in [-0.39, 0.29) is 10.7 Å². The summed E-state index contributed by atoms with van der Waals surface area (Å²) >= 11 is 22.9. The summed E-state index contributed by atoms with van der Waals surface area (Å²) in [5.74, 6) is -1.43. The van der Waals surface area contributed by atoms with Gasteiger partial charge in [-0.15, -0.1) is 0 Å². The van der Waals surface area contributed by atoms with Crippen LogP contribution in [-0.2, 0) is 0 Å². The second-order valence-electron chi connectivity index (χ2n) is 5.40. The van der Waals surface area contributed by atoms with Crippen LogP contribution >= 0.6 is 47.0 Å². The topological polar surface area (TPSA) is 53.2 Å². The molecule has 2 rings (SSSR count). The van der Waals surface area contributed by atoms with E-state index in [2.05, 4.69) is 16.0 Å². The first kappa shape index (κ1) is 20.7. The van der Waals surface area contributed by atoms with E-state index in [0.717, 1.165) is 17.3 Å². The number of carbonyl (C=O) groups excluding carboxylic acids is 1. The summed E-state index contributed by atoms with van der Waals surface area (Å²) in [6.07, 6.45) is -1.19. The Morgan fingerprint density at radius 3 is 2.42 bits per heavy atom. The second-order valence-corrected chi connectivity index (χ2v) is 8.17. The molecule has 0 aliphatic rings. The molecule has 1 amide bonds. The highest BCUT2D eigenvalue weighted by molar-refractivity contribution is 7.80. The van der Waals surface area contributed by atoms with Crippen molar-refractivity contribution < 1.29 is 9.18 Å². The number of rotatable bonds is 4. The largest absolute Gasteiger partial charge is 0.339 e. The number of nitrogens with one attached hydrogen (secondary N) is 3. The third kappa shape index (κ3) is 5.99. The van der Waals surface area contributed by atoms with E-state index in [0.29, 0.717) is 0 Å². The van der Waals surface area contributed by atoms with Gasteiger partial charge in [0.05, 0.1) is 5.56 Å². The second kappa shape index (κ2) is 8.86. The van der Waals surface area contributed by atoms with E-state index >= 15 is 0 Å². The van der Waals surface area contributed by atoms with Gasteiger partial charge in [0.1, 0.15) is 12.0 Å². The van der Waals surface area contributed by atoms with Crippen LogP contribution in [0.5, 0.6) is 0 Å². The number of hydrogen-bond acceptors (Lipinski definition) is 2. The molecule has 26 heavy (non-hydrogen) atoms. The zero-order chi connectivity index (χ0) is 19.3. The van der Waals surface area contributed by atoms with Crippen LogP contribution in [0.1, 0.15) is 15.9 Å². The Balaban J connectivity index is 2.09. The minimum Gasteiger partial charge on any atom is -0.339 e. The Morgan fingerprint density at radius 1 is 1.12 bits per heavy atom. The zero-order valence-corrected chi connectivity index (χ0v) is 16.6. The molecule has 0 aliphatic carbocycles. The summed E-state index contributed by atoms with van der Waals surface area (Å²) in [5, 5.41) is 8.20. The molecule has 0 spiro atoms. The number of benzene rings is 2. The van der Waals surface area contributed by atoms with Gasteiger partial charge in [0.25, 0.3) is 5.91 Å². The lowest BCUT2D eigenvalue weighted by atomic mass is 10.2. The molecule has 4 nitrogen and oxygen atoms in total. The fraction of sp³-hybridized carbons (Fsp3) is 0.176. The molecule has 1 atom stereocenters. The molecule has 0 fully saturated rings. The van der Waals surface area contributed by atoms with Gasteiger partial charge < -0.3 is 16.0 Å². The monoisotopic (exact) mass is 433 g/mol. The van der Waals surface area contributed by atoms with Crippen LogP contribution in [0.2, 0.25) is 0 Å². The number of thiocarbonyl (C=S) groups is 1. The van der Waals surface area contributed by atoms with Crippen molar-refractivity contribution in [1.29, 1.82) is 0 Å². The minimum atomic E-state index is -1.93. The Labute approximate surface area is 171 Å². The van der Waals surface area contributed by atoms with Gasteiger partial charge in [0.2, 0.25) is 3.79 Å². The first-order valence-corrected chi connectivity index (χ1v) is 8.97. The van der Waals surface area contributed by atoms with E-state index in [1.807, 2.05) is 31.2 Å². The van der Waals surface area contributed by atoms with Gasteiger partial charge in [-0.25, -0.2) is 4.39 Å². The van der Waals surface area contributed by atoms with Crippen molar-refractivity contribution in [3.63, 3.8) is 0 Å². The highest BCUT2D eigenvalue weighted by Crippen LogP contribution is 2.29. The van der Waals surface area contributed by atoms with Crippen molar-refractivity contribution in [2.45, 2.75) is 16.9 Å². The first-order valence-electron chi connectivity index (χ1n) is 7.43. The van der Waals surface area contributed by atoms with Gasteiger partial charge in [-0.2, -0.15) is 0 Å².